The molecule has 0 unspecified atom stereocenters. The summed E-state index contributed by atoms with van der Waals surface area (Å²) < 4.78 is 1.25. The number of nitrogens with zero attached hydrogens (tertiary/aromatic N) is 3. The fourth-order valence-corrected chi connectivity index (χ4v) is 3.25. The summed E-state index contributed by atoms with van der Waals surface area (Å²) in [6.07, 6.45) is 0.947. The minimum absolute atomic E-state index is 0.0388. The van der Waals surface area contributed by atoms with Gasteiger partial charge in [0, 0.05) is 18.2 Å². The normalized spacial score (nSPS) is 16.2. The van der Waals surface area contributed by atoms with E-state index >= 15 is 0 Å². The maximum absolute atomic E-state index is 12.7. The summed E-state index contributed by atoms with van der Waals surface area (Å²) in [6.45, 7) is 0.675. The maximum Gasteiger partial charge on any atom is 0.267 e. The van der Waals surface area contributed by atoms with E-state index in [2.05, 4.69) is 5.10 Å². The van der Waals surface area contributed by atoms with E-state index in [1.807, 2.05) is 65.6 Å². The van der Waals surface area contributed by atoms with Crippen molar-refractivity contribution in [1.29, 1.82) is 0 Å². The molecule has 1 aliphatic heterocycles. The molecule has 3 aromatic rings. The molecule has 130 valence electrons. The third-order valence-electron chi connectivity index (χ3n) is 4.75. The Labute approximate surface area is 151 Å². The van der Waals surface area contributed by atoms with Gasteiger partial charge in [-0.05, 0) is 18.1 Å². The van der Waals surface area contributed by atoms with E-state index in [0.717, 1.165) is 17.5 Å². The first-order chi connectivity index (χ1) is 12.7. The minimum Gasteiger partial charge on any atom is -0.334 e. The minimum atomic E-state index is -0.269. The Morgan fingerprint density at radius 3 is 2.31 bits per heavy atom. The van der Waals surface area contributed by atoms with Crippen molar-refractivity contribution >= 4 is 5.91 Å². The van der Waals surface area contributed by atoms with Crippen molar-refractivity contribution in [2.45, 2.75) is 19.0 Å². The molecule has 1 fully saturated rings. The van der Waals surface area contributed by atoms with Crippen LogP contribution in [0.15, 0.2) is 77.6 Å². The van der Waals surface area contributed by atoms with Gasteiger partial charge in [0.1, 0.15) is 6.54 Å². The number of aromatic nitrogens is 2. The summed E-state index contributed by atoms with van der Waals surface area (Å²) in [6, 6.07) is 22.9. The second kappa shape index (κ2) is 6.96. The molecule has 1 saturated heterocycles. The van der Waals surface area contributed by atoms with Crippen molar-refractivity contribution < 1.29 is 4.79 Å². The van der Waals surface area contributed by atoms with Gasteiger partial charge in [-0.2, -0.15) is 5.10 Å². The van der Waals surface area contributed by atoms with E-state index in [1.165, 1.54) is 10.7 Å². The molecule has 0 bridgehead atoms. The summed E-state index contributed by atoms with van der Waals surface area (Å²) in [4.78, 5) is 26.7. The smallest absolute Gasteiger partial charge is 0.267 e. The summed E-state index contributed by atoms with van der Waals surface area (Å²) in [5, 5.41) is 4.38. The van der Waals surface area contributed by atoms with Gasteiger partial charge < -0.3 is 4.90 Å². The van der Waals surface area contributed by atoms with E-state index in [-0.39, 0.29) is 24.1 Å². The van der Waals surface area contributed by atoms with Gasteiger partial charge in [-0.1, -0.05) is 60.7 Å². The molecule has 5 heteroatoms. The van der Waals surface area contributed by atoms with Crippen molar-refractivity contribution in [3.8, 4) is 11.3 Å². The summed E-state index contributed by atoms with van der Waals surface area (Å²) in [5.74, 6) is -0.0788. The predicted molar refractivity (Wildman–Crippen MR) is 99.4 cm³/mol. The molecule has 0 radical (unpaired) electrons. The highest BCUT2D eigenvalue weighted by molar-refractivity contribution is 5.77. The highest BCUT2D eigenvalue weighted by Gasteiger charge is 2.33. The van der Waals surface area contributed by atoms with E-state index in [9.17, 15) is 9.59 Å². The van der Waals surface area contributed by atoms with Crippen LogP contribution in [0.2, 0.25) is 0 Å². The lowest BCUT2D eigenvalue weighted by Gasteiger charge is -2.41. The van der Waals surface area contributed by atoms with Crippen molar-refractivity contribution in [3.05, 3.63) is 88.7 Å². The number of likely N-dealkylation sites (tertiary alicyclic amines) is 1. The van der Waals surface area contributed by atoms with E-state index in [1.54, 1.807) is 6.07 Å². The molecule has 1 atom stereocenters. The van der Waals surface area contributed by atoms with Crippen LogP contribution in [-0.4, -0.2) is 27.1 Å². The quantitative estimate of drug-likeness (QED) is 0.731. The molecule has 2 aromatic carbocycles. The number of hydrogen-bond acceptors (Lipinski definition) is 3. The Hall–Kier alpha value is -3.21. The van der Waals surface area contributed by atoms with Gasteiger partial charge >= 0.3 is 0 Å². The second-order valence-corrected chi connectivity index (χ2v) is 6.38. The first-order valence-electron chi connectivity index (χ1n) is 8.70. The average molecular weight is 345 g/mol. The van der Waals surface area contributed by atoms with Gasteiger partial charge in [-0.3, -0.25) is 9.59 Å². The van der Waals surface area contributed by atoms with Gasteiger partial charge in [0.15, 0.2) is 0 Å². The molecule has 4 rings (SSSR count). The number of rotatable bonds is 4. The summed E-state index contributed by atoms with van der Waals surface area (Å²) >= 11 is 0. The molecule has 0 N–H and O–H groups in total. The topological polar surface area (TPSA) is 55.2 Å². The molecule has 0 spiro atoms. The van der Waals surface area contributed by atoms with Crippen LogP contribution in [0.3, 0.4) is 0 Å². The SMILES string of the molecule is O=C(Cn1nc(-c2ccccc2)ccc1=O)N1CC[C@@H]1c1ccccc1. The monoisotopic (exact) mass is 345 g/mol. The number of benzene rings is 2. The Morgan fingerprint density at radius 2 is 1.65 bits per heavy atom. The zero-order valence-corrected chi connectivity index (χ0v) is 14.3. The molecule has 1 amide bonds. The molecule has 5 nitrogen and oxygen atoms in total. The molecule has 0 aliphatic carbocycles. The third-order valence-corrected chi connectivity index (χ3v) is 4.75. The average Bonchev–Trinajstić information content (AvgIpc) is 2.64. The van der Waals surface area contributed by atoms with E-state index < -0.39 is 0 Å². The molecule has 0 saturated carbocycles. The lowest BCUT2D eigenvalue weighted by Crippen LogP contribution is -2.47. The van der Waals surface area contributed by atoms with Crippen molar-refractivity contribution in [2.24, 2.45) is 0 Å². The highest BCUT2D eigenvalue weighted by Crippen LogP contribution is 2.33. The van der Waals surface area contributed by atoms with Gasteiger partial charge in [0.05, 0.1) is 11.7 Å². The lowest BCUT2D eigenvalue weighted by atomic mass is 9.95. The van der Waals surface area contributed by atoms with Crippen molar-refractivity contribution in [2.75, 3.05) is 6.54 Å². The van der Waals surface area contributed by atoms with Gasteiger partial charge in [0.25, 0.3) is 5.56 Å². The number of carbonyl (C=O) groups excluding carboxylic acids is 1. The Bertz CT molecular complexity index is 967. The molecule has 1 aromatic heterocycles. The highest BCUT2D eigenvalue weighted by atomic mass is 16.2. The van der Waals surface area contributed by atoms with Gasteiger partial charge in [-0.25, -0.2) is 4.68 Å². The maximum atomic E-state index is 12.7. The van der Waals surface area contributed by atoms with Crippen molar-refractivity contribution in [1.82, 2.24) is 14.7 Å². The Morgan fingerprint density at radius 1 is 0.962 bits per heavy atom. The fraction of sp³-hybridized carbons (Fsp3) is 0.190. The zero-order valence-electron chi connectivity index (χ0n) is 14.3. The van der Waals surface area contributed by atoms with Gasteiger partial charge in [-0.15, -0.1) is 0 Å². The standard InChI is InChI=1S/C21H19N3O2/c25-20-12-11-18(16-7-3-1-4-8-16)22-24(20)15-21(26)23-14-13-19(23)17-9-5-2-6-10-17/h1-12,19H,13-15H2/t19-/m1/s1. The van der Waals surface area contributed by atoms with Crippen LogP contribution in [0.4, 0.5) is 0 Å². The molecule has 26 heavy (non-hydrogen) atoms. The predicted octanol–water partition coefficient (Wildman–Crippen LogP) is 2.88. The largest absolute Gasteiger partial charge is 0.334 e. The van der Waals surface area contributed by atoms with Crippen LogP contribution in [0.5, 0.6) is 0 Å². The van der Waals surface area contributed by atoms with E-state index in [0.29, 0.717) is 12.2 Å². The van der Waals surface area contributed by atoms with Crippen LogP contribution < -0.4 is 5.56 Å². The summed E-state index contributed by atoms with van der Waals surface area (Å²) in [7, 11) is 0. The molecule has 1 aliphatic rings. The Kier molecular flexibility index (Phi) is 4.35. The fourth-order valence-electron chi connectivity index (χ4n) is 3.25. The summed E-state index contributed by atoms with van der Waals surface area (Å²) in [5.41, 5.74) is 2.46. The van der Waals surface area contributed by atoms with E-state index in [4.69, 9.17) is 0 Å². The number of hydrogen-bond donors (Lipinski definition) is 0. The number of amides is 1. The van der Waals surface area contributed by atoms with Crippen LogP contribution in [0.1, 0.15) is 18.0 Å². The molecular weight excluding hydrogens is 326 g/mol. The number of carbonyl (C=O) groups is 1. The molecular formula is C21H19N3O2. The second-order valence-electron chi connectivity index (χ2n) is 6.38. The van der Waals surface area contributed by atoms with Crippen LogP contribution in [0.25, 0.3) is 11.3 Å². The van der Waals surface area contributed by atoms with Crippen LogP contribution in [0, 0.1) is 0 Å². The zero-order chi connectivity index (χ0) is 17.9. The third kappa shape index (κ3) is 3.16. The van der Waals surface area contributed by atoms with Crippen molar-refractivity contribution in [3.63, 3.8) is 0 Å². The van der Waals surface area contributed by atoms with Gasteiger partial charge in [0.2, 0.25) is 5.91 Å². The van der Waals surface area contributed by atoms with Crippen LogP contribution in [-0.2, 0) is 11.3 Å². The first kappa shape index (κ1) is 16.3. The molecule has 2 heterocycles. The first-order valence-corrected chi connectivity index (χ1v) is 8.70. The Balaban J connectivity index is 1.54. The van der Waals surface area contributed by atoms with Crippen LogP contribution >= 0.6 is 0 Å². The lowest BCUT2D eigenvalue weighted by molar-refractivity contribution is -0.140.